The van der Waals surface area contributed by atoms with Crippen molar-refractivity contribution in [3.63, 3.8) is 0 Å². The molecule has 4 aliphatic heterocycles. The van der Waals surface area contributed by atoms with Crippen molar-refractivity contribution >= 4 is 17.6 Å². The molecule has 22 atom stereocenters. The summed E-state index contributed by atoms with van der Waals surface area (Å²) in [6.45, 7) is 8.47. The van der Waals surface area contributed by atoms with Gasteiger partial charge < -0.3 is 63.8 Å². The minimum Gasteiger partial charge on any atom is -0.446 e. The zero-order valence-corrected chi connectivity index (χ0v) is 36.5. The number of aliphatic hydroxyl groups excluding tert-OH is 6. The van der Waals surface area contributed by atoms with Crippen molar-refractivity contribution in [1.29, 1.82) is 0 Å². The van der Waals surface area contributed by atoms with Crippen LogP contribution in [0.1, 0.15) is 85.5 Å². The van der Waals surface area contributed by atoms with Crippen molar-refractivity contribution in [1.82, 2.24) is 0 Å². The fourth-order valence-electron chi connectivity index (χ4n) is 13.9. The summed E-state index contributed by atoms with van der Waals surface area (Å²) in [6, 6.07) is 5.46. The summed E-state index contributed by atoms with van der Waals surface area (Å²) in [5, 5.41) is 66.5. The smallest absolute Gasteiger partial charge is 0.411 e. The molecule has 16 nitrogen and oxygen atoms in total. The van der Waals surface area contributed by atoms with E-state index in [0.717, 1.165) is 38.2 Å². The molecule has 17 heteroatoms. The number of Topliss-reactive ketones (excluding diaryl/α,β-unsaturated/α-hetero) is 1. The van der Waals surface area contributed by atoms with Crippen LogP contribution in [0, 0.1) is 58.1 Å². The number of aliphatic hydroxyl groups is 6. The van der Waals surface area contributed by atoms with Crippen LogP contribution in [0.25, 0.3) is 0 Å². The molecular weight excluding hydrogens is 825 g/mol. The summed E-state index contributed by atoms with van der Waals surface area (Å²) in [4.78, 5) is 27.5. The van der Waals surface area contributed by atoms with Crippen LogP contribution in [0.4, 0.5) is 14.9 Å². The Hall–Kier alpha value is -2.39. The molecule has 9 rings (SSSR count). The van der Waals surface area contributed by atoms with E-state index >= 15 is 0 Å². The number of rotatable bonds is 8. The van der Waals surface area contributed by atoms with Crippen LogP contribution in [0.15, 0.2) is 24.3 Å². The van der Waals surface area contributed by atoms with Crippen molar-refractivity contribution in [2.24, 2.45) is 52.3 Å². The van der Waals surface area contributed by atoms with Crippen LogP contribution in [0.3, 0.4) is 0 Å². The Balaban J connectivity index is 0.873. The van der Waals surface area contributed by atoms with E-state index in [9.17, 15) is 44.6 Å². The number of hydrogen-bond donors (Lipinski definition) is 7. The van der Waals surface area contributed by atoms with E-state index in [-0.39, 0.29) is 52.2 Å². The van der Waals surface area contributed by atoms with Crippen LogP contribution < -0.4 is 5.32 Å². The van der Waals surface area contributed by atoms with Gasteiger partial charge in [-0.3, -0.25) is 10.1 Å². The highest BCUT2D eigenvalue weighted by Crippen LogP contribution is 2.70. The van der Waals surface area contributed by atoms with Crippen LogP contribution in [0.5, 0.6) is 0 Å². The summed E-state index contributed by atoms with van der Waals surface area (Å²) in [6.07, 6.45) is -10.5. The Labute approximate surface area is 367 Å². The molecule has 4 saturated carbocycles. The molecule has 0 aromatic heterocycles. The van der Waals surface area contributed by atoms with E-state index in [1.54, 1.807) is 0 Å². The zero-order chi connectivity index (χ0) is 44.7. The first-order chi connectivity index (χ1) is 30.0. The molecule has 0 unspecified atom stereocenters. The molecule has 352 valence electrons. The van der Waals surface area contributed by atoms with Crippen molar-refractivity contribution in [3.05, 3.63) is 30.1 Å². The standard InChI is InChI=1S/C46H66FNO15/c1-21-11-14-46(58-19-21)22(2)33-30(63-46)16-26-25-10-9-23-15-24(12-13-44(23,3)34(25)29(50)17-45(26,33)4)59-41-39(55)37(53)40(62-42-38(54)36(52)35(51)31(18-49)60-42)32(61-41)20-57-43(56)48-28-8-6-5-7-27(28)47/h5-8,21-26,30-42,49,51-55H,9-20H2,1-4H3,(H,48,56)/t21-,22+,23+,24+,25+,26+,30+,31-,32-,33+,34-,35-,36+,37-,38-,39-,40-,41-,42+,44+,45+,46-/m1/s1. The summed E-state index contributed by atoms with van der Waals surface area (Å²) in [5.41, 5.74) is -0.556. The van der Waals surface area contributed by atoms with Gasteiger partial charge in [0.25, 0.3) is 0 Å². The monoisotopic (exact) mass is 891 g/mol. The Morgan fingerprint density at radius 3 is 2.33 bits per heavy atom. The van der Waals surface area contributed by atoms with Crippen molar-refractivity contribution in [2.45, 2.75) is 165 Å². The number of ether oxygens (including phenoxy) is 7. The van der Waals surface area contributed by atoms with Gasteiger partial charge in [-0.05, 0) is 97.5 Å². The Kier molecular flexibility index (Phi) is 12.6. The number of nitrogens with one attached hydrogen (secondary N) is 1. The molecular formula is C46H66FNO15. The predicted octanol–water partition coefficient (Wildman–Crippen LogP) is 3.02. The van der Waals surface area contributed by atoms with Gasteiger partial charge in [-0.1, -0.05) is 39.8 Å². The Bertz CT molecular complexity index is 1830. The minimum atomic E-state index is -1.85. The molecule has 63 heavy (non-hydrogen) atoms. The number of hydrogen-bond acceptors (Lipinski definition) is 15. The van der Waals surface area contributed by atoms with Gasteiger partial charge in [0.05, 0.1) is 31.1 Å². The second-order valence-corrected chi connectivity index (χ2v) is 20.7. The van der Waals surface area contributed by atoms with Gasteiger partial charge in [0.2, 0.25) is 0 Å². The van der Waals surface area contributed by atoms with Crippen molar-refractivity contribution < 1.29 is 77.8 Å². The van der Waals surface area contributed by atoms with Crippen LogP contribution in [0.2, 0.25) is 0 Å². The molecule has 8 fully saturated rings. The summed E-state index contributed by atoms with van der Waals surface area (Å²) < 4.78 is 57.1. The molecule has 4 aliphatic carbocycles. The number of halogens is 1. The molecule has 0 bridgehead atoms. The van der Waals surface area contributed by atoms with Gasteiger partial charge >= 0.3 is 6.09 Å². The average molecular weight is 892 g/mol. The van der Waals surface area contributed by atoms with Crippen molar-refractivity contribution in [2.75, 3.05) is 25.1 Å². The van der Waals surface area contributed by atoms with E-state index in [0.29, 0.717) is 49.9 Å². The highest BCUT2D eigenvalue weighted by molar-refractivity contribution is 5.85. The number of para-hydroxylation sites is 1. The molecule has 4 heterocycles. The summed E-state index contributed by atoms with van der Waals surface area (Å²) >= 11 is 0. The maximum atomic E-state index is 14.6. The van der Waals surface area contributed by atoms with Gasteiger partial charge in [0.15, 0.2) is 18.4 Å². The van der Waals surface area contributed by atoms with E-state index in [4.69, 9.17) is 33.2 Å². The first kappa shape index (κ1) is 45.8. The fourth-order valence-corrected chi connectivity index (χ4v) is 13.9. The topological polar surface area (TPSA) is 232 Å². The number of carbonyl (C=O) groups excluding carboxylic acids is 2. The highest BCUT2D eigenvalue weighted by atomic mass is 19.1. The number of ketones is 1. The molecule has 8 aliphatic rings. The van der Waals surface area contributed by atoms with Gasteiger partial charge in [0.1, 0.15) is 67.0 Å². The van der Waals surface area contributed by atoms with E-state index < -0.39 is 98.4 Å². The van der Waals surface area contributed by atoms with E-state index in [1.165, 1.54) is 18.2 Å². The van der Waals surface area contributed by atoms with Crippen LogP contribution in [-0.2, 0) is 38.0 Å². The summed E-state index contributed by atoms with van der Waals surface area (Å²) in [5.74, 6) is 0.791. The van der Waals surface area contributed by atoms with E-state index in [1.807, 2.05) is 0 Å². The summed E-state index contributed by atoms with van der Waals surface area (Å²) in [7, 11) is 0. The lowest BCUT2D eigenvalue weighted by atomic mass is 9.44. The molecule has 0 radical (unpaired) electrons. The predicted molar refractivity (Wildman–Crippen MR) is 218 cm³/mol. The molecule has 4 saturated heterocycles. The van der Waals surface area contributed by atoms with Crippen LogP contribution >= 0.6 is 0 Å². The maximum absolute atomic E-state index is 14.6. The van der Waals surface area contributed by atoms with Crippen molar-refractivity contribution in [3.8, 4) is 0 Å². The average Bonchev–Trinajstić information content (AvgIpc) is 3.70. The lowest BCUT2D eigenvalue weighted by Gasteiger charge is -2.60. The quantitative estimate of drug-likeness (QED) is 0.186. The molecule has 7 N–H and O–H groups in total. The van der Waals surface area contributed by atoms with E-state index in [2.05, 4.69) is 33.0 Å². The minimum absolute atomic E-state index is 0.0825. The molecule has 1 spiro atoms. The highest BCUT2D eigenvalue weighted by Gasteiger charge is 2.71. The Morgan fingerprint density at radius 1 is 0.873 bits per heavy atom. The molecule has 1 aromatic carbocycles. The zero-order valence-electron chi connectivity index (χ0n) is 36.5. The molecule has 1 amide bonds. The molecule has 1 aromatic rings. The first-order valence-electron chi connectivity index (χ1n) is 23.1. The van der Waals surface area contributed by atoms with Gasteiger partial charge in [-0.2, -0.15) is 0 Å². The third-order valence-corrected chi connectivity index (χ3v) is 17.2. The number of amides is 1. The normalized spacial score (nSPS) is 50.6. The van der Waals surface area contributed by atoms with Gasteiger partial charge in [0, 0.05) is 24.7 Å². The number of anilines is 1. The van der Waals surface area contributed by atoms with Gasteiger partial charge in [-0.15, -0.1) is 0 Å². The number of carbonyl (C=O) groups is 2. The van der Waals surface area contributed by atoms with Crippen LogP contribution in [-0.4, -0.2) is 142 Å². The third-order valence-electron chi connectivity index (χ3n) is 17.2. The second-order valence-electron chi connectivity index (χ2n) is 20.7. The fraction of sp³-hybridized carbons (Fsp3) is 0.826. The SMILES string of the molecule is C[C@@H]1CC[C@@]2(OC1)O[C@H]1C[C@H]3[C@@H]4CC[C@H]5C[C@@H](O[C@@H]6O[C@H](COC(=O)Nc7ccccc7F)[C@@H](O[C@@H]7O[C@H](CO)[C@@H](O)[C@H](O)[C@H]7O)[C@H](O)[C@H]6O)CC[C@]5(C)[C@H]4C(=O)C[C@]3(C)[C@H]1[C@@H]2C. The largest absolute Gasteiger partial charge is 0.446 e. The lowest BCUT2D eigenvalue weighted by molar-refractivity contribution is -0.364. The lowest BCUT2D eigenvalue weighted by Crippen LogP contribution is -2.65. The second kappa shape index (κ2) is 17.4. The van der Waals surface area contributed by atoms with Gasteiger partial charge in [-0.25, -0.2) is 9.18 Å². The number of benzene rings is 1. The Morgan fingerprint density at radius 2 is 1.60 bits per heavy atom. The third kappa shape index (κ3) is 7.86. The number of fused-ring (bicyclic) bond motifs is 7. The first-order valence-corrected chi connectivity index (χ1v) is 23.1. The maximum Gasteiger partial charge on any atom is 0.411 e.